The van der Waals surface area contributed by atoms with Crippen LogP contribution in [-0.2, 0) is 5.54 Å². The largest absolute Gasteiger partial charge is 0.492 e. The van der Waals surface area contributed by atoms with Crippen molar-refractivity contribution >= 4 is 0 Å². The van der Waals surface area contributed by atoms with Crippen LogP contribution < -0.4 is 10.5 Å². The Bertz CT molecular complexity index is 609. The van der Waals surface area contributed by atoms with Crippen molar-refractivity contribution in [3.63, 3.8) is 0 Å². The number of pyridine rings is 1. The normalized spacial score (nSPS) is 13.8. The van der Waals surface area contributed by atoms with E-state index in [0.717, 1.165) is 12.5 Å². The van der Waals surface area contributed by atoms with E-state index in [1.165, 1.54) is 12.1 Å². The van der Waals surface area contributed by atoms with Gasteiger partial charge in [0.1, 0.15) is 17.4 Å². The summed E-state index contributed by atoms with van der Waals surface area (Å²) in [5, 5.41) is 0. The predicted molar refractivity (Wildman–Crippen MR) is 77.0 cm³/mol. The molecule has 0 radical (unpaired) electrons. The highest BCUT2D eigenvalue weighted by molar-refractivity contribution is 5.39. The number of hydrogen-bond acceptors (Lipinski definition) is 3. The van der Waals surface area contributed by atoms with Crippen LogP contribution in [0, 0.1) is 11.6 Å². The maximum Gasteiger partial charge on any atom is 0.137 e. The number of halogens is 2. The lowest BCUT2D eigenvalue weighted by molar-refractivity contribution is 0.315. The summed E-state index contributed by atoms with van der Waals surface area (Å²) >= 11 is 0. The number of ether oxygens (including phenoxy) is 1. The van der Waals surface area contributed by atoms with Gasteiger partial charge in [-0.15, -0.1) is 0 Å². The Morgan fingerprint density at radius 2 is 1.76 bits per heavy atom. The predicted octanol–water partition coefficient (Wildman–Crippen LogP) is 3.37. The van der Waals surface area contributed by atoms with Crippen LogP contribution in [0.1, 0.15) is 31.4 Å². The van der Waals surface area contributed by atoms with Crippen molar-refractivity contribution in [3.05, 3.63) is 59.4 Å². The highest BCUT2D eigenvalue weighted by atomic mass is 19.1. The summed E-state index contributed by atoms with van der Waals surface area (Å²) in [7, 11) is 0. The summed E-state index contributed by atoms with van der Waals surface area (Å²) in [5.74, 6) is -0.732. The molecular formula is C16H18F2N2O. The molecule has 0 saturated heterocycles. The summed E-state index contributed by atoms with van der Waals surface area (Å²) in [6.07, 6.45) is 4.03. The van der Waals surface area contributed by atoms with Gasteiger partial charge in [-0.3, -0.25) is 4.98 Å². The summed E-state index contributed by atoms with van der Waals surface area (Å²) < 4.78 is 32.3. The SMILES string of the molecule is CCCOc1cncc(C(C)(N)c2cc(F)cc(F)c2)c1. The molecule has 112 valence electrons. The zero-order chi connectivity index (χ0) is 15.5. The fraction of sp³-hybridized carbons (Fsp3) is 0.312. The molecule has 21 heavy (non-hydrogen) atoms. The Kier molecular flexibility index (Phi) is 4.53. The first-order valence-corrected chi connectivity index (χ1v) is 6.77. The van der Waals surface area contributed by atoms with Crippen molar-refractivity contribution in [1.82, 2.24) is 4.98 Å². The average Bonchev–Trinajstić information content (AvgIpc) is 2.44. The van der Waals surface area contributed by atoms with E-state index in [4.69, 9.17) is 10.5 Å². The lowest BCUT2D eigenvalue weighted by Crippen LogP contribution is -2.34. The Morgan fingerprint density at radius 1 is 1.10 bits per heavy atom. The van der Waals surface area contributed by atoms with Gasteiger partial charge < -0.3 is 10.5 Å². The molecule has 2 rings (SSSR count). The van der Waals surface area contributed by atoms with E-state index in [9.17, 15) is 8.78 Å². The average molecular weight is 292 g/mol. The Balaban J connectivity index is 2.38. The number of nitrogens with two attached hydrogens (primary N) is 1. The molecule has 0 aliphatic rings. The molecule has 0 spiro atoms. The number of benzene rings is 1. The molecule has 1 aromatic carbocycles. The molecule has 1 heterocycles. The third-order valence-corrected chi connectivity index (χ3v) is 3.25. The molecular weight excluding hydrogens is 274 g/mol. The van der Waals surface area contributed by atoms with Crippen LogP contribution in [0.25, 0.3) is 0 Å². The number of aromatic nitrogens is 1. The van der Waals surface area contributed by atoms with Crippen molar-refractivity contribution in [1.29, 1.82) is 0 Å². The minimum absolute atomic E-state index is 0.342. The standard InChI is InChI=1S/C16H18F2N2O/c1-3-4-21-15-7-12(9-20-10-15)16(2,19)11-5-13(17)8-14(18)6-11/h5-10H,3-4,19H2,1-2H3. The molecule has 2 N–H and O–H groups in total. The van der Waals surface area contributed by atoms with Crippen molar-refractivity contribution in [2.24, 2.45) is 5.73 Å². The Labute approximate surface area is 122 Å². The maximum absolute atomic E-state index is 13.4. The molecule has 0 fully saturated rings. The second-order valence-corrected chi connectivity index (χ2v) is 5.12. The van der Waals surface area contributed by atoms with E-state index in [2.05, 4.69) is 4.98 Å². The van der Waals surface area contributed by atoms with Crippen LogP contribution >= 0.6 is 0 Å². The van der Waals surface area contributed by atoms with Crippen LogP contribution in [0.2, 0.25) is 0 Å². The first-order valence-electron chi connectivity index (χ1n) is 6.77. The van der Waals surface area contributed by atoms with Crippen LogP contribution in [0.15, 0.2) is 36.7 Å². The van der Waals surface area contributed by atoms with E-state index in [1.807, 2.05) is 6.92 Å². The fourth-order valence-electron chi connectivity index (χ4n) is 2.02. The van der Waals surface area contributed by atoms with Crippen molar-refractivity contribution in [2.75, 3.05) is 6.61 Å². The zero-order valence-electron chi connectivity index (χ0n) is 12.1. The monoisotopic (exact) mass is 292 g/mol. The molecule has 1 unspecified atom stereocenters. The minimum Gasteiger partial charge on any atom is -0.492 e. The molecule has 5 heteroatoms. The first-order chi connectivity index (χ1) is 9.93. The molecule has 3 nitrogen and oxygen atoms in total. The van der Waals surface area contributed by atoms with Crippen molar-refractivity contribution < 1.29 is 13.5 Å². The molecule has 0 amide bonds. The smallest absolute Gasteiger partial charge is 0.137 e. The van der Waals surface area contributed by atoms with E-state index < -0.39 is 17.2 Å². The van der Waals surface area contributed by atoms with Gasteiger partial charge in [0.25, 0.3) is 0 Å². The second-order valence-electron chi connectivity index (χ2n) is 5.12. The van der Waals surface area contributed by atoms with Gasteiger partial charge in [-0.2, -0.15) is 0 Å². The molecule has 2 aromatic rings. The van der Waals surface area contributed by atoms with Crippen LogP contribution in [0.3, 0.4) is 0 Å². The topological polar surface area (TPSA) is 48.1 Å². The van der Waals surface area contributed by atoms with E-state index in [-0.39, 0.29) is 0 Å². The number of rotatable bonds is 5. The van der Waals surface area contributed by atoms with Gasteiger partial charge in [-0.1, -0.05) is 6.92 Å². The van der Waals surface area contributed by atoms with Gasteiger partial charge in [0, 0.05) is 12.3 Å². The van der Waals surface area contributed by atoms with Gasteiger partial charge in [0.2, 0.25) is 0 Å². The van der Waals surface area contributed by atoms with Gasteiger partial charge in [-0.05, 0) is 42.7 Å². The Hall–Kier alpha value is -2.01. The van der Waals surface area contributed by atoms with Crippen LogP contribution in [0.5, 0.6) is 5.75 Å². The van der Waals surface area contributed by atoms with Crippen molar-refractivity contribution in [2.45, 2.75) is 25.8 Å². The third-order valence-electron chi connectivity index (χ3n) is 3.25. The third kappa shape index (κ3) is 3.55. The van der Waals surface area contributed by atoms with Gasteiger partial charge in [0.05, 0.1) is 18.3 Å². The summed E-state index contributed by atoms with van der Waals surface area (Å²) in [6.45, 7) is 4.25. The van der Waals surface area contributed by atoms with Gasteiger partial charge >= 0.3 is 0 Å². The van der Waals surface area contributed by atoms with E-state index in [1.54, 1.807) is 25.4 Å². The molecule has 1 aromatic heterocycles. The maximum atomic E-state index is 13.4. The highest BCUT2D eigenvalue weighted by Gasteiger charge is 2.26. The summed E-state index contributed by atoms with van der Waals surface area (Å²) in [5.41, 5.74) is 6.17. The fourth-order valence-corrected chi connectivity index (χ4v) is 2.02. The van der Waals surface area contributed by atoms with Gasteiger partial charge in [0.15, 0.2) is 0 Å². The molecule has 1 atom stereocenters. The quantitative estimate of drug-likeness (QED) is 0.919. The van der Waals surface area contributed by atoms with E-state index >= 15 is 0 Å². The van der Waals surface area contributed by atoms with E-state index in [0.29, 0.717) is 23.5 Å². The summed E-state index contributed by atoms with van der Waals surface area (Å²) in [6, 6.07) is 5.01. The van der Waals surface area contributed by atoms with Crippen LogP contribution in [0.4, 0.5) is 8.78 Å². The lowest BCUT2D eigenvalue weighted by Gasteiger charge is -2.26. The number of hydrogen-bond donors (Lipinski definition) is 1. The molecule has 0 saturated carbocycles. The minimum atomic E-state index is -1.07. The van der Waals surface area contributed by atoms with Gasteiger partial charge in [-0.25, -0.2) is 8.78 Å². The molecule has 0 aliphatic heterocycles. The molecule has 0 bridgehead atoms. The molecule has 0 aliphatic carbocycles. The second kappa shape index (κ2) is 6.18. The Morgan fingerprint density at radius 3 is 2.38 bits per heavy atom. The first kappa shape index (κ1) is 15.4. The highest BCUT2D eigenvalue weighted by Crippen LogP contribution is 2.29. The lowest BCUT2D eigenvalue weighted by atomic mass is 9.86. The number of nitrogens with zero attached hydrogens (tertiary/aromatic N) is 1. The van der Waals surface area contributed by atoms with Crippen LogP contribution in [-0.4, -0.2) is 11.6 Å². The van der Waals surface area contributed by atoms with Crippen molar-refractivity contribution in [3.8, 4) is 5.75 Å². The zero-order valence-corrected chi connectivity index (χ0v) is 12.1. The summed E-state index contributed by atoms with van der Waals surface area (Å²) in [4.78, 5) is 4.08.